The molecule has 2 rings (SSSR count). The monoisotopic (exact) mass is 265 g/mol. The summed E-state index contributed by atoms with van der Waals surface area (Å²) in [6.45, 7) is 5.88. The van der Waals surface area contributed by atoms with Gasteiger partial charge in [-0.1, -0.05) is 12.1 Å². The lowest BCUT2D eigenvalue weighted by molar-refractivity contribution is 0.0880. The second-order valence-corrected chi connectivity index (χ2v) is 5.19. The predicted molar refractivity (Wildman–Crippen MR) is 74.8 cm³/mol. The fraction of sp³-hybridized carbons (Fsp3) is 0.600. The molecule has 0 saturated carbocycles. The summed E-state index contributed by atoms with van der Waals surface area (Å²) in [5, 5.41) is 3.59. The van der Waals surface area contributed by atoms with Crippen molar-refractivity contribution in [1.29, 1.82) is 0 Å². The van der Waals surface area contributed by atoms with Crippen molar-refractivity contribution in [3.05, 3.63) is 23.8 Å². The zero-order chi connectivity index (χ0) is 13.9. The maximum Gasteiger partial charge on any atom is 0.165 e. The second-order valence-electron chi connectivity index (χ2n) is 5.19. The molecule has 4 nitrogen and oxygen atoms in total. The summed E-state index contributed by atoms with van der Waals surface area (Å²) < 4.78 is 16.4. The lowest BCUT2D eigenvalue weighted by Gasteiger charge is -2.29. The molecule has 1 aliphatic heterocycles. The molecule has 19 heavy (non-hydrogen) atoms. The number of rotatable bonds is 5. The summed E-state index contributed by atoms with van der Waals surface area (Å²) in [5.74, 6) is 1.57. The third-order valence-electron chi connectivity index (χ3n) is 4.05. The summed E-state index contributed by atoms with van der Waals surface area (Å²) in [7, 11) is 3.33. The molecule has 0 aliphatic carbocycles. The summed E-state index contributed by atoms with van der Waals surface area (Å²) >= 11 is 0. The molecule has 1 N–H and O–H groups in total. The van der Waals surface area contributed by atoms with Gasteiger partial charge in [0.25, 0.3) is 0 Å². The van der Waals surface area contributed by atoms with Crippen LogP contribution in [-0.4, -0.2) is 32.5 Å². The van der Waals surface area contributed by atoms with E-state index in [1.165, 1.54) is 0 Å². The van der Waals surface area contributed by atoms with Gasteiger partial charge in [0.15, 0.2) is 11.5 Å². The van der Waals surface area contributed by atoms with Crippen molar-refractivity contribution in [3.63, 3.8) is 0 Å². The molecule has 2 atom stereocenters. The van der Waals surface area contributed by atoms with Crippen LogP contribution in [0.5, 0.6) is 11.5 Å². The van der Waals surface area contributed by atoms with E-state index in [1.807, 2.05) is 12.1 Å². The van der Waals surface area contributed by atoms with Gasteiger partial charge in [-0.25, -0.2) is 0 Å². The molecular weight excluding hydrogens is 242 g/mol. The summed E-state index contributed by atoms with van der Waals surface area (Å²) in [5.41, 5.74) is 1.12. The Kier molecular flexibility index (Phi) is 4.32. The zero-order valence-corrected chi connectivity index (χ0v) is 12.2. The van der Waals surface area contributed by atoms with Crippen LogP contribution in [-0.2, 0) is 11.3 Å². The first-order valence-electron chi connectivity index (χ1n) is 6.67. The Labute approximate surface area is 115 Å². The highest BCUT2D eigenvalue weighted by Crippen LogP contribution is 2.32. The fourth-order valence-corrected chi connectivity index (χ4v) is 2.46. The molecule has 1 saturated heterocycles. The molecule has 2 unspecified atom stereocenters. The van der Waals surface area contributed by atoms with E-state index in [-0.39, 0.29) is 11.6 Å². The average molecular weight is 265 g/mol. The number of ether oxygens (including phenoxy) is 3. The largest absolute Gasteiger partial charge is 0.493 e. The average Bonchev–Trinajstić information content (AvgIpc) is 2.76. The molecule has 106 valence electrons. The van der Waals surface area contributed by atoms with Crippen molar-refractivity contribution < 1.29 is 14.2 Å². The standard InChI is InChI=1S/C15H23NO3/c1-11-15(2,8-9-19-11)16-10-12-6-5-7-13(17-3)14(12)18-4/h5-7,11,16H,8-10H2,1-4H3. The van der Waals surface area contributed by atoms with Crippen molar-refractivity contribution in [2.75, 3.05) is 20.8 Å². The molecule has 1 aromatic carbocycles. The highest BCUT2D eigenvalue weighted by atomic mass is 16.5. The Balaban J connectivity index is 2.11. The number of nitrogens with one attached hydrogen (secondary N) is 1. The molecule has 0 bridgehead atoms. The normalized spacial score (nSPS) is 26.4. The van der Waals surface area contributed by atoms with Gasteiger partial charge in [0, 0.05) is 24.3 Å². The quantitative estimate of drug-likeness (QED) is 0.887. The third kappa shape index (κ3) is 2.85. The second kappa shape index (κ2) is 5.80. The van der Waals surface area contributed by atoms with Crippen molar-refractivity contribution in [1.82, 2.24) is 5.32 Å². The molecule has 1 heterocycles. The maximum atomic E-state index is 5.64. The fourth-order valence-electron chi connectivity index (χ4n) is 2.46. The Bertz CT molecular complexity index is 435. The number of benzene rings is 1. The van der Waals surface area contributed by atoms with Gasteiger partial charge in [-0.05, 0) is 26.3 Å². The van der Waals surface area contributed by atoms with Crippen molar-refractivity contribution in [2.45, 2.75) is 38.5 Å². The highest BCUT2D eigenvalue weighted by Gasteiger charge is 2.36. The first kappa shape index (κ1) is 14.2. The van der Waals surface area contributed by atoms with E-state index < -0.39 is 0 Å². The van der Waals surface area contributed by atoms with Crippen LogP contribution in [0.1, 0.15) is 25.8 Å². The minimum Gasteiger partial charge on any atom is -0.493 e. The summed E-state index contributed by atoms with van der Waals surface area (Å²) in [6.07, 6.45) is 1.25. The lowest BCUT2D eigenvalue weighted by Crippen LogP contribution is -2.47. The first-order chi connectivity index (χ1) is 9.10. The molecule has 4 heteroatoms. The third-order valence-corrected chi connectivity index (χ3v) is 4.05. The SMILES string of the molecule is COc1cccc(CNC2(C)CCOC2C)c1OC. The van der Waals surface area contributed by atoms with E-state index >= 15 is 0 Å². The molecule has 0 radical (unpaired) electrons. The molecule has 0 spiro atoms. The van der Waals surface area contributed by atoms with Gasteiger partial charge in [-0.3, -0.25) is 0 Å². The van der Waals surface area contributed by atoms with Gasteiger partial charge in [0.1, 0.15) is 0 Å². The molecule has 1 fully saturated rings. The van der Waals surface area contributed by atoms with Gasteiger partial charge >= 0.3 is 0 Å². The van der Waals surface area contributed by atoms with Crippen LogP contribution in [0, 0.1) is 0 Å². The minimum atomic E-state index is 0.0219. The van der Waals surface area contributed by atoms with Crippen LogP contribution in [0.25, 0.3) is 0 Å². The van der Waals surface area contributed by atoms with E-state index in [0.717, 1.165) is 36.6 Å². The van der Waals surface area contributed by atoms with E-state index in [4.69, 9.17) is 14.2 Å². The summed E-state index contributed by atoms with van der Waals surface area (Å²) in [4.78, 5) is 0. The molecular formula is C15H23NO3. The van der Waals surface area contributed by atoms with Crippen LogP contribution in [0.15, 0.2) is 18.2 Å². The van der Waals surface area contributed by atoms with Crippen LogP contribution in [0.3, 0.4) is 0 Å². The first-order valence-corrected chi connectivity index (χ1v) is 6.67. The Hall–Kier alpha value is -1.26. The van der Waals surface area contributed by atoms with Gasteiger partial charge in [0.05, 0.1) is 20.3 Å². The molecule has 0 amide bonds. The Morgan fingerprint density at radius 2 is 2.16 bits per heavy atom. The number of para-hydroxylation sites is 1. The zero-order valence-electron chi connectivity index (χ0n) is 12.2. The van der Waals surface area contributed by atoms with Crippen molar-refractivity contribution >= 4 is 0 Å². The van der Waals surface area contributed by atoms with Crippen LogP contribution < -0.4 is 14.8 Å². The predicted octanol–water partition coefficient (Wildman–Crippen LogP) is 2.36. The van der Waals surface area contributed by atoms with Crippen LogP contribution in [0.4, 0.5) is 0 Å². The van der Waals surface area contributed by atoms with Crippen molar-refractivity contribution in [2.24, 2.45) is 0 Å². The Morgan fingerprint density at radius 1 is 1.37 bits per heavy atom. The highest BCUT2D eigenvalue weighted by molar-refractivity contribution is 5.46. The number of methoxy groups -OCH3 is 2. The molecule has 1 aliphatic rings. The number of hydrogen-bond acceptors (Lipinski definition) is 4. The van der Waals surface area contributed by atoms with E-state index in [9.17, 15) is 0 Å². The minimum absolute atomic E-state index is 0.0219. The number of hydrogen-bond donors (Lipinski definition) is 1. The van der Waals surface area contributed by atoms with Crippen LogP contribution in [0.2, 0.25) is 0 Å². The summed E-state index contributed by atoms with van der Waals surface area (Å²) in [6, 6.07) is 5.94. The lowest BCUT2D eigenvalue weighted by atomic mass is 9.94. The Morgan fingerprint density at radius 3 is 2.74 bits per heavy atom. The van der Waals surface area contributed by atoms with Crippen LogP contribution >= 0.6 is 0 Å². The maximum absolute atomic E-state index is 5.64. The van der Waals surface area contributed by atoms with Gasteiger partial charge < -0.3 is 19.5 Å². The van der Waals surface area contributed by atoms with E-state index in [1.54, 1.807) is 14.2 Å². The van der Waals surface area contributed by atoms with Gasteiger partial charge in [-0.15, -0.1) is 0 Å². The topological polar surface area (TPSA) is 39.7 Å². The smallest absolute Gasteiger partial charge is 0.165 e. The van der Waals surface area contributed by atoms with E-state index in [2.05, 4.69) is 25.2 Å². The van der Waals surface area contributed by atoms with E-state index in [0.29, 0.717) is 0 Å². The molecule has 1 aromatic rings. The van der Waals surface area contributed by atoms with Crippen molar-refractivity contribution in [3.8, 4) is 11.5 Å². The molecule has 0 aromatic heterocycles. The van der Waals surface area contributed by atoms with Gasteiger partial charge in [0.2, 0.25) is 0 Å². The van der Waals surface area contributed by atoms with Gasteiger partial charge in [-0.2, -0.15) is 0 Å².